The molecule has 0 aliphatic rings. The van der Waals surface area contributed by atoms with Gasteiger partial charge in [-0.2, -0.15) is 0 Å². The van der Waals surface area contributed by atoms with Gasteiger partial charge in [0.2, 0.25) is 0 Å². The Labute approximate surface area is 265 Å². The van der Waals surface area contributed by atoms with E-state index in [9.17, 15) is 19.4 Å². The number of aliphatic hydroxyl groups is 1. The number of carbonyl (C=O) groups is 1. The number of unbranched alkanes of at least 4 members (excludes halogenated alkanes) is 19. The maximum absolute atomic E-state index is 11.9. The minimum Gasteiger partial charge on any atom is -0.756 e. The molecule has 256 valence electrons. The summed E-state index contributed by atoms with van der Waals surface area (Å²) in [6, 6.07) is 0. The Morgan fingerprint density at radius 2 is 1.16 bits per heavy atom. The van der Waals surface area contributed by atoms with E-state index in [1.54, 1.807) is 0 Å². The molecule has 2 atom stereocenters. The molecule has 9 heteroatoms. The first-order valence-electron chi connectivity index (χ1n) is 17.4. The molecule has 0 bridgehead atoms. The van der Waals surface area contributed by atoms with Crippen molar-refractivity contribution >= 4 is 13.8 Å². The summed E-state index contributed by atoms with van der Waals surface area (Å²) in [5.74, 6) is -0.416. The van der Waals surface area contributed by atoms with Gasteiger partial charge in [-0.25, -0.2) is 0 Å². The average Bonchev–Trinajstić information content (AvgIpc) is 2.94. The smallest absolute Gasteiger partial charge is 0.305 e. The maximum atomic E-state index is 11.9. The van der Waals surface area contributed by atoms with Gasteiger partial charge in [-0.1, -0.05) is 128 Å². The molecule has 0 radical (unpaired) electrons. The summed E-state index contributed by atoms with van der Waals surface area (Å²) in [5, 5.41) is 9.84. The van der Waals surface area contributed by atoms with Crippen molar-refractivity contribution in [3.63, 3.8) is 0 Å². The highest BCUT2D eigenvalue weighted by Crippen LogP contribution is 2.38. The minimum atomic E-state index is -4.50. The monoisotopic (exact) mass is 633 g/mol. The Kier molecular flexibility index (Phi) is 28.2. The van der Waals surface area contributed by atoms with Crippen LogP contribution in [0.15, 0.2) is 12.2 Å². The number of likely N-dealkylation sites (N-methyl/N-ethyl adjacent to an activating group) is 1. The SMILES string of the molecule is CCCCCCCCCCCCCCCCCCCC/C=C/CCCC(=O)OC[C@@H](O)COP(=O)([O-])OCC[N+](C)(C)C. The van der Waals surface area contributed by atoms with E-state index in [1.807, 2.05) is 21.1 Å². The molecule has 1 unspecified atom stereocenters. The zero-order chi connectivity index (χ0) is 32.1. The van der Waals surface area contributed by atoms with Crippen LogP contribution in [0.3, 0.4) is 0 Å². The lowest BCUT2D eigenvalue weighted by Crippen LogP contribution is -2.37. The fraction of sp³-hybridized carbons (Fsp3) is 0.912. The first kappa shape index (κ1) is 42.2. The molecule has 0 aromatic carbocycles. The molecule has 0 amide bonds. The highest BCUT2D eigenvalue weighted by molar-refractivity contribution is 7.45. The first-order valence-corrected chi connectivity index (χ1v) is 18.9. The van der Waals surface area contributed by atoms with Crippen LogP contribution in [0.1, 0.15) is 148 Å². The number of quaternary nitrogens is 1. The fourth-order valence-corrected chi connectivity index (χ4v) is 5.45. The highest BCUT2D eigenvalue weighted by Gasteiger charge is 2.16. The molecule has 8 nitrogen and oxygen atoms in total. The van der Waals surface area contributed by atoms with Crippen LogP contribution >= 0.6 is 7.82 Å². The molecule has 1 N–H and O–H groups in total. The predicted molar refractivity (Wildman–Crippen MR) is 176 cm³/mol. The largest absolute Gasteiger partial charge is 0.756 e. The van der Waals surface area contributed by atoms with Gasteiger partial charge in [0, 0.05) is 6.42 Å². The van der Waals surface area contributed by atoms with Crippen LogP contribution in [0, 0.1) is 0 Å². The second-order valence-electron chi connectivity index (χ2n) is 13.1. The third kappa shape index (κ3) is 34.0. The van der Waals surface area contributed by atoms with Crippen LogP contribution in [-0.2, 0) is 23.1 Å². The van der Waals surface area contributed by atoms with Crippen LogP contribution in [0.25, 0.3) is 0 Å². The maximum Gasteiger partial charge on any atom is 0.305 e. The molecule has 0 fully saturated rings. The van der Waals surface area contributed by atoms with E-state index in [4.69, 9.17) is 9.26 Å². The number of phosphoric ester groups is 1. The third-order valence-electron chi connectivity index (χ3n) is 7.52. The minimum absolute atomic E-state index is 0.0105. The zero-order valence-electron chi connectivity index (χ0n) is 28.4. The number of hydrogen-bond donors (Lipinski definition) is 1. The fourth-order valence-electron chi connectivity index (χ4n) is 4.71. The second kappa shape index (κ2) is 28.7. The summed E-state index contributed by atoms with van der Waals surface area (Å²) < 4.78 is 26.7. The van der Waals surface area contributed by atoms with Crippen molar-refractivity contribution in [2.45, 2.75) is 154 Å². The summed E-state index contributed by atoms with van der Waals surface area (Å²) in [4.78, 5) is 23.6. The average molecular weight is 634 g/mol. The molecule has 0 aliphatic heterocycles. The number of nitrogens with zero attached hydrogens (tertiary/aromatic N) is 1. The van der Waals surface area contributed by atoms with Gasteiger partial charge in [0.05, 0.1) is 27.7 Å². The Morgan fingerprint density at radius 3 is 1.63 bits per heavy atom. The number of aliphatic hydroxyl groups excluding tert-OH is 1. The number of rotatable bonds is 32. The molecule has 0 aliphatic carbocycles. The molecule has 0 aromatic rings. The van der Waals surface area contributed by atoms with Gasteiger partial charge < -0.3 is 28.3 Å². The van der Waals surface area contributed by atoms with Crippen molar-refractivity contribution in [1.29, 1.82) is 0 Å². The topological polar surface area (TPSA) is 105 Å². The zero-order valence-corrected chi connectivity index (χ0v) is 29.3. The van der Waals surface area contributed by atoms with E-state index in [1.165, 1.54) is 116 Å². The number of esters is 1. The van der Waals surface area contributed by atoms with Crippen LogP contribution in [0.4, 0.5) is 0 Å². The van der Waals surface area contributed by atoms with Gasteiger partial charge in [-0.3, -0.25) is 9.36 Å². The van der Waals surface area contributed by atoms with E-state index in [2.05, 4.69) is 23.6 Å². The molecular formula is C34H68NO7P. The molecular weight excluding hydrogens is 565 g/mol. The Bertz CT molecular complexity index is 711. The van der Waals surface area contributed by atoms with Crippen molar-refractivity contribution in [2.75, 3.05) is 47.5 Å². The Balaban J connectivity index is 3.46. The van der Waals surface area contributed by atoms with E-state index < -0.39 is 26.5 Å². The summed E-state index contributed by atoms with van der Waals surface area (Å²) in [6.45, 7) is 1.93. The number of hydrogen-bond acceptors (Lipinski definition) is 7. The van der Waals surface area contributed by atoms with Crippen molar-refractivity contribution in [3.05, 3.63) is 12.2 Å². The van der Waals surface area contributed by atoms with E-state index in [0.717, 1.165) is 12.8 Å². The normalized spacial score (nSPS) is 14.3. The van der Waals surface area contributed by atoms with E-state index in [0.29, 0.717) is 17.4 Å². The first-order chi connectivity index (χ1) is 20.6. The molecule has 0 saturated carbocycles. The van der Waals surface area contributed by atoms with Crippen molar-refractivity contribution < 1.29 is 37.6 Å². The molecule has 0 rings (SSSR count). The summed E-state index contributed by atoms with van der Waals surface area (Å²) >= 11 is 0. The van der Waals surface area contributed by atoms with Crippen LogP contribution in [0.5, 0.6) is 0 Å². The standard InChI is InChI=1S/C34H68NO7P/c1-5-6-7-8-9-10-11-12-13-14-15-16-17-18-19-20-21-22-23-24-25-26-27-28-34(37)40-31-33(36)32-42-43(38,39)41-30-29-35(2,3)4/h24-25,33,36H,5-23,26-32H2,1-4H3/b25-24+/t33-/m1/s1. The van der Waals surface area contributed by atoms with Crippen molar-refractivity contribution in [3.8, 4) is 0 Å². The Morgan fingerprint density at radius 1 is 0.721 bits per heavy atom. The number of ether oxygens (including phenoxy) is 1. The summed E-state index contributed by atoms with van der Waals surface area (Å²) in [7, 11) is 1.24. The van der Waals surface area contributed by atoms with Crippen LogP contribution < -0.4 is 4.89 Å². The molecule has 0 aromatic heterocycles. The number of phosphoric acid groups is 1. The van der Waals surface area contributed by atoms with Gasteiger partial charge >= 0.3 is 5.97 Å². The van der Waals surface area contributed by atoms with Gasteiger partial charge in [-0.15, -0.1) is 0 Å². The molecule has 0 spiro atoms. The quantitative estimate of drug-likeness (QED) is 0.0261. The van der Waals surface area contributed by atoms with Gasteiger partial charge in [0.25, 0.3) is 7.82 Å². The number of carbonyl (C=O) groups excluding carboxylic acids is 1. The predicted octanol–water partition coefficient (Wildman–Crippen LogP) is 8.26. The van der Waals surface area contributed by atoms with Gasteiger partial charge in [0.1, 0.15) is 25.9 Å². The lowest BCUT2D eigenvalue weighted by Gasteiger charge is -2.27. The second-order valence-corrected chi connectivity index (χ2v) is 14.5. The van der Waals surface area contributed by atoms with E-state index in [-0.39, 0.29) is 19.6 Å². The Hall–Kier alpha value is -0.760. The molecule has 0 saturated heterocycles. The van der Waals surface area contributed by atoms with Crippen molar-refractivity contribution in [2.24, 2.45) is 0 Å². The highest BCUT2D eigenvalue weighted by atomic mass is 31.2. The third-order valence-corrected chi connectivity index (χ3v) is 8.48. The summed E-state index contributed by atoms with van der Waals surface area (Å²) in [5.41, 5.74) is 0. The van der Waals surface area contributed by atoms with Crippen LogP contribution in [0.2, 0.25) is 0 Å². The van der Waals surface area contributed by atoms with Gasteiger partial charge in [0.15, 0.2) is 0 Å². The van der Waals surface area contributed by atoms with Crippen LogP contribution in [-0.4, -0.2) is 69.2 Å². The van der Waals surface area contributed by atoms with Crippen molar-refractivity contribution in [1.82, 2.24) is 0 Å². The van der Waals surface area contributed by atoms with Gasteiger partial charge in [-0.05, 0) is 25.7 Å². The lowest BCUT2D eigenvalue weighted by atomic mass is 10.0. The molecule has 43 heavy (non-hydrogen) atoms. The lowest BCUT2D eigenvalue weighted by molar-refractivity contribution is -0.870. The van der Waals surface area contributed by atoms with E-state index >= 15 is 0 Å². The number of allylic oxidation sites excluding steroid dienone is 2. The summed E-state index contributed by atoms with van der Waals surface area (Å²) in [6.07, 6.45) is 30.9. The molecule has 0 heterocycles.